The number of esters is 1. The molecule has 2 N–H and O–H groups in total. The van der Waals surface area contributed by atoms with Gasteiger partial charge in [-0.15, -0.1) is 0 Å². The molecule has 0 bridgehead atoms. The molecule has 2 saturated heterocycles. The zero-order valence-corrected chi connectivity index (χ0v) is 26.6. The van der Waals surface area contributed by atoms with E-state index in [1.54, 1.807) is 18.2 Å². The fraction of sp³-hybridized carbons (Fsp3) is 0.562. The number of piperidine rings is 2. The van der Waals surface area contributed by atoms with E-state index in [1.165, 1.54) is 19.8 Å². The smallest absolute Gasteiger partial charge is 0.302 e. The van der Waals surface area contributed by atoms with Crippen LogP contribution in [0.1, 0.15) is 61.4 Å². The van der Waals surface area contributed by atoms with Gasteiger partial charge in [-0.25, -0.2) is 17.2 Å². The lowest BCUT2D eigenvalue weighted by atomic mass is 9.93. The predicted octanol–water partition coefficient (Wildman–Crippen LogP) is 4.85. The van der Waals surface area contributed by atoms with Gasteiger partial charge in [0.15, 0.2) is 0 Å². The van der Waals surface area contributed by atoms with Gasteiger partial charge in [-0.05, 0) is 73.4 Å². The zero-order chi connectivity index (χ0) is 32.0. The van der Waals surface area contributed by atoms with Crippen LogP contribution in [-0.2, 0) is 26.0 Å². The molecule has 0 unspecified atom stereocenters. The number of carbonyl (C=O) groups is 2. The molecule has 45 heavy (non-hydrogen) atoms. The Hall–Kier alpha value is -3.61. The second-order valence-electron chi connectivity index (χ2n) is 13.0. The summed E-state index contributed by atoms with van der Waals surface area (Å²) >= 11 is 0. The minimum Gasteiger partial charge on any atom is -0.465 e. The number of benzene rings is 2. The molecule has 1 spiro atoms. The molecule has 1 saturated carbocycles. The summed E-state index contributed by atoms with van der Waals surface area (Å²) in [6.45, 7) is 3.77. The molecule has 3 fully saturated rings. The van der Waals surface area contributed by atoms with E-state index in [2.05, 4.69) is 19.8 Å². The number of likely N-dealkylation sites (N-methyl/N-ethyl adjacent to an activating group) is 1. The van der Waals surface area contributed by atoms with Crippen molar-refractivity contribution in [3.63, 3.8) is 0 Å². The van der Waals surface area contributed by atoms with Crippen LogP contribution in [0.25, 0.3) is 0 Å². The summed E-state index contributed by atoms with van der Waals surface area (Å²) in [6.07, 6.45) is 4.86. The monoisotopic (exact) mass is 645 g/mol. The van der Waals surface area contributed by atoms with Crippen molar-refractivity contribution in [2.75, 3.05) is 76.9 Å². The highest BCUT2D eigenvalue weighted by molar-refractivity contribution is 7.92. The van der Waals surface area contributed by atoms with E-state index in [9.17, 15) is 26.8 Å². The number of alkyl halides is 2. The maximum Gasteiger partial charge on any atom is 0.302 e. The first-order valence-electron chi connectivity index (χ1n) is 15.7. The average molecular weight is 646 g/mol. The number of hydrogen-bond donors (Lipinski definition) is 2. The Kier molecular flexibility index (Phi) is 8.34. The molecule has 2 aromatic carbocycles. The summed E-state index contributed by atoms with van der Waals surface area (Å²) < 4.78 is 60.7. The first-order chi connectivity index (χ1) is 21.3. The number of nitrogens with zero attached hydrogens (tertiary/aromatic N) is 3. The molecule has 6 rings (SSSR count). The lowest BCUT2D eigenvalue weighted by Crippen LogP contribution is -2.40. The highest BCUT2D eigenvalue weighted by Gasteiger charge is 2.44. The van der Waals surface area contributed by atoms with Crippen LogP contribution in [0.2, 0.25) is 0 Å². The SMILES string of the molecule is CC(=O)OCCS(=O)(=O)Nc1ccc(C(=O)Nc2cc3c(c(N4CCC(F)(F)CC4)c2)N(C)CC3)c(N2CCC3(CC2)CC3)c1. The van der Waals surface area contributed by atoms with Crippen LogP contribution in [0.15, 0.2) is 30.3 Å². The highest BCUT2D eigenvalue weighted by atomic mass is 32.2. The van der Waals surface area contributed by atoms with Gasteiger partial charge in [-0.1, -0.05) is 0 Å². The lowest BCUT2D eigenvalue weighted by Gasteiger charge is -2.36. The second kappa shape index (κ2) is 12.0. The van der Waals surface area contributed by atoms with E-state index in [4.69, 9.17) is 4.74 Å². The van der Waals surface area contributed by atoms with Crippen molar-refractivity contribution in [2.24, 2.45) is 5.41 Å². The molecule has 0 radical (unpaired) electrons. The molecule has 0 aromatic heterocycles. The molecule has 244 valence electrons. The van der Waals surface area contributed by atoms with E-state index >= 15 is 0 Å². The molecule has 0 atom stereocenters. The van der Waals surface area contributed by atoms with Crippen LogP contribution in [0.3, 0.4) is 0 Å². The molecule has 1 aliphatic carbocycles. The van der Waals surface area contributed by atoms with Gasteiger partial charge in [0.2, 0.25) is 10.0 Å². The molecular formula is C32H41F2N5O5S. The van der Waals surface area contributed by atoms with Gasteiger partial charge < -0.3 is 24.8 Å². The lowest BCUT2D eigenvalue weighted by molar-refractivity contribution is -0.140. The van der Waals surface area contributed by atoms with Crippen LogP contribution >= 0.6 is 0 Å². The quantitative estimate of drug-likeness (QED) is 0.373. The molecule has 4 aliphatic rings. The Balaban J connectivity index is 1.26. The minimum atomic E-state index is -3.80. The van der Waals surface area contributed by atoms with Crippen molar-refractivity contribution < 1.29 is 31.5 Å². The number of fused-ring (bicyclic) bond motifs is 1. The van der Waals surface area contributed by atoms with E-state index in [0.717, 1.165) is 55.8 Å². The van der Waals surface area contributed by atoms with Gasteiger partial charge in [0.1, 0.15) is 12.4 Å². The summed E-state index contributed by atoms with van der Waals surface area (Å²) in [4.78, 5) is 31.2. The van der Waals surface area contributed by atoms with Gasteiger partial charge in [0.05, 0.1) is 28.3 Å². The Labute approximate surface area is 263 Å². The maximum atomic E-state index is 14.0. The van der Waals surface area contributed by atoms with Crippen LogP contribution in [0, 0.1) is 5.41 Å². The fourth-order valence-corrected chi connectivity index (χ4v) is 7.66. The third kappa shape index (κ3) is 7.13. The van der Waals surface area contributed by atoms with Gasteiger partial charge in [-0.3, -0.25) is 14.3 Å². The van der Waals surface area contributed by atoms with E-state index in [-0.39, 0.29) is 44.2 Å². The van der Waals surface area contributed by atoms with Crippen molar-refractivity contribution in [3.8, 4) is 0 Å². The van der Waals surface area contributed by atoms with Crippen molar-refractivity contribution in [1.29, 1.82) is 0 Å². The Morgan fingerprint density at radius 2 is 1.53 bits per heavy atom. The topological polar surface area (TPSA) is 111 Å². The van der Waals surface area contributed by atoms with Gasteiger partial charge in [-0.2, -0.15) is 0 Å². The molecule has 1 amide bonds. The number of nitrogens with one attached hydrogen (secondary N) is 2. The second-order valence-corrected chi connectivity index (χ2v) is 14.8. The highest BCUT2D eigenvalue weighted by Crippen LogP contribution is 2.54. The van der Waals surface area contributed by atoms with E-state index < -0.39 is 21.9 Å². The Morgan fingerprint density at radius 1 is 0.889 bits per heavy atom. The van der Waals surface area contributed by atoms with Crippen LogP contribution in [-0.4, -0.2) is 78.3 Å². The number of anilines is 5. The molecule has 3 aliphatic heterocycles. The maximum absolute atomic E-state index is 14.0. The summed E-state index contributed by atoms with van der Waals surface area (Å²) in [5, 5.41) is 3.07. The van der Waals surface area contributed by atoms with Crippen LogP contribution < -0.4 is 24.7 Å². The Morgan fingerprint density at radius 3 is 2.20 bits per heavy atom. The first-order valence-corrected chi connectivity index (χ1v) is 17.3. The van der Waals surface area contributed by atoms with Gasteiger partial charge in [0.25, 0.3) is 11.8 Å². The first kappa shape index (κ1) is 31.4. The van der Waals surface area contributed by atoms with Crippen LogP contribution in [0.5, 0.6) is 0 Å². The molecule has 3 heterocycles. The summed E-state index contributed by atoms with van der Waals surface area (Å²) in [7, 11) is -1.81. The number of halogens is 2. The zero-order valence-electron chi connectivity index (χ0n) is 25.8. The third-order valence-corrected chi connectivity index (χ3v) is 10.9. The predicted molar refractivity (Wildman–Crippen MR) is 171 cm³/mol. The average Bonchev–Trinajstić information content (AvgIpc) is 3.63. The van der Waals surface area contributed by atoms with Crippen molar-refractivity contribution in [1.82, 2.24) is 0 Å². The number of hydrogen-bond acceptors (Lipinski definition) is 8. The normalized spacial score (nSPS) is 20.1. The van der Waals surface area contributed by atoms with E-state index in [1.807, 2.05) is 24.1 Å². The number of carbonyl (C=O) groups excluding carboxylic acids is 2. The minimum absolute atomic E-state index is 0.206. The van der Waals surface area contributed by atoms with Gasteiger partial charge >= 0.3 is 5.97 Å². The third-order valence-electron chi connectivity index (χ3n) is 9.66. The van der Waals surface area contributed by atoms with Gasteiger partial charge in [0, 0.05) is 65.2 Å². The molecule has 13 heteroatoms. The Bertz CT molecular complexity index is 1580. The molecule has 10 nitrogen and oxygen atoms in total. The molecular weight excluding hydrogens is 604 g/mol. The van der Waals surface area contributed by atoms with Crippen molar-refractivity contribution in [2.45, 2.75) is 57.8 Å². The fourth-order valence-electron chi connectivity index (χ4n) is 6.77. The van der Waals surface area contributed by atoms with Crippen LogP contribution in [0.4, 0.5) is 37.2 Å². The number of ether oxygens (including phenoxy) is 1. The molecule has 2 aromatic rings. The summed E-state index contributed by atoms with van der Waals surface area (Å²) in [5.74, 6) is -3.94. The number of sulfonamides is 1. The number of amides is 1. The van der Waals surface area contributed by atoms with E-state index in [0.29, 0.717) is 28.0 Å². The largest absolute Gasteiger partial charge is 0.465 e. The van der Waals surface area contributed by atoms with Crippen molar-refractivity contribution in [3.05, 3.63) is 41.5 Å². The van der Waals surface area contributed by atoms with Crippen molar-refractivity contribution >= 4 is 50.3 Å². The number of rotatable bonds is 9. The summed E-state index contributed by atoms with van der Waals surface area (Å²) in [5.41, 5.74) is 5.31. The summed E-state index contributed by atoms with van der Waals surface area (Å²) in [6, 6.07) is 8.73. The standard InChI is InChI=1S/C32H41F2N5O5S/c1-22(40)44-17-18-45(42,43)36-24-3-4-26(27(20-24)38-13-8-31(6-7-31)9-14-38)30(41)35-25-19-23-5-12-37(2)29(23)28(21-25)39-15-10-32(33,34)11-16-39/h3-4,19-21,36H,5-18H2,1-2H3,(H,35,41).